The van der Waals surface area contributed by atoms with Gasteiger partial charge in [0.15, 0.2) is 0 Å². The van der Waals surface area contributed by atoms with E-state index in [0.717, 1.165) is 10.5 Å². The van der Waals surface area contributed by atoms with Crippen LogP contribution < -0.4 is 5.32 Å². The van der Waals surface area contributed by atoms with Crippen molar-refractivity contribution in [3.63, 3.8) is 0 Å². The number of alkyl halides is 3. The zero-order valence-electron chi connectivity index (χ0n) is 9.97. The molecule has 1 nitrogen and oxygen atoms in total. The van der Waals surface area contributed by atoms with Gasteiger partial charge in [-0.05, 0) is 32.0 Å². The maximum atomic E-state index is 13.0. The molecule has 0 unspecified atom stereocenters. The molecule has 18 heavy (non-hydrogen) atoms. The average Bonchev–Trinajstić information content (AvgIpc) is 2.31. The van der Waals surface area contributed by atoms with Crippen LogP contribution in [0.2, 0.25) is 0 Å². The summed E-state index contributed by atoms with van der Waals surface area (Å²) in [6.07, 6.45) is 3.66. The fraction of sp³-hybridized carbons (Fsp3) is 0.385. The van der Waals surface area contributed by atoms with Crippen molar-refractivity contribution in [1.82, 2.24) is 5.32 Å². The lowest BCUT2D eigenvalue weighted by molar-refractivity contribution is -0.0889. The van der Waals surface area contributed by atoms with Crippen LogP contribution in [-0.2, 0) is 0 Å². The quantitative estimate of drug-likeness (QED) is 0.806. The largest absolute Gasteiger partial charge is 0.417 e. The molecule has 2 rings (SSSR count). The highest BCUT2D eigenvalue weighted by Gasteiger charge is 2.36. The molecule has 0 saturated heterocycles. The molecule has 0 aromatic carbocycles. The van der Waals surface area contributed by atoms with Crippen molar-refractivity contribution in [2.75, 3.05) is 6.54 Å². The Morgan fingerprint density at radius 1 is 1.28 bits per heavy atom. The van der Waals surface area contributed by atoms with Crippen LogP contribution in [0.15, 0.2) is 45.4 Å². The van der Waals surface area contributed by atoms with Crippen LogP contribution >= 0.6 is 11.8 Å². The van der Waals surface area contributed by atoms with Crippen molar-refractivity contribution in [3.05, 3.63) is 45.4 Å². The van der Waals surface area contributed by atoms with Crippen LogP contribution in [0.3, 0.4) is 0 Å². The minimum absolute atomic E-state index is 0.422. The van der Waals surface area contributed by atoms with Crippen molar-refractivity contribution in [3.8, 4) is 0 Å². The van der Waals surface area contributed by atoms with Crippen LogP contribution in [0.25, 0.3) is 0 Å². The topological polar surface area (TPSA) is 12.0 Å². The first kappa shape index (κ1) is 13.3. The summed E-state index contributed by atoms with van der Waals surface area (Å²) in [5, 5.41) is 2.98. The van der Waals surface area contributed by atoms with Crippen LogP contribution in [0, 0.1) is 0 Å². The number of halogens is 3. The van der Waals surface area contributed by atoms with Gasteiger partial charge in [0.2, 0.25) is 0 Å². The summed E-state index contributed by atoms with van der Waals surface area (Å²) >= 11 is 1.23. The summed E-state index contributed by atoms with van der Waals surface area (Å²) in [6.45, 7) is 2.42. The maximum absolute atomic E-state index is 13.0. The Labute approximate surface area is 109 Å². The van der Waals surface area contributed by atoms with E-state index in [1.165, 1.54) is 17.8 Å². The number of rotatable bonds is 2. The van der Waals surface area contributed by atoms with Gasteiger partial charge in [0, 0.05) is 16.4 Å². The van der Waals surface area contributed by atoms with Crippen molar-refractivity contribution in [2.45, 2.75) is 25.9 Å². The van der Waals surface area contributed by atoms with Gasteiger partial charge in [0.1, 0.15) is 0 Å². The second-order valence-electron chi connectivity index (χ2n) is 4.28. The van der Waals surface area contributed by atoms with Crippen molar-refractivity contribution < 1.29 is 13.2 Å². The second-order valence-corrected chi connectivity index (χ2v) is 5.44. The van der Waals surface area contributed by atoms with Gasteiger partial charge in [-0.3, -0.25) is 0 Å². The lowest BCUT2D eigenvalue weighted by atomic mass is 10.0. The van der Waals surface area contributed by atoms with Crippen molar-refractivity contribution in [2.24, 2.45) is 0 Å². The normalized spacial score (nSPS) is 20.4. The SMILES string of the molecule is CC1=CC(C(F)(F)F)=C(SC2=CCNC=C2)CC1. The molecule has 0 aromatic heterocycles. The van der Waals surface area contributed by atoms with E-state index in [0.29, 0.717) is 24.3 Å². The van der Waals surface area contributed by atoms with Crippen molar-refractivity contribution in [1.29, 1.82) is 0 Å². The minimum atomic E-state index is -4.26. The molecule has 0 saturated carbocycles. The van der Waals surface area contributed by atoms with E-state index in [1.807, 2.05) is 6.08 Å². The zero-order valence-corrected chi connectivity index (χ0v) is 10.8. The predicted molar refractivity (Wildman–Crippen MR) is 68.9 cm³/mol. The molecule has 98 valence electrons. The Morgan fingerprint density at radius 2 is 2.06 bits per heavy atom. The van der Waals surface area contributed by atoms with Gasteiger partial charge >= 0.3 is 6.18 Å². The van der Waals surface area contributed by atoms with E-state index >= 15 is 0 Å². The zero-order chi connectivity index (χ0) is 13.2. The monoisotopic (exact) mass is 273 g/mol. The van der Waals surface area contributed by atoms with E-state index in [4.69, 9.17) is 0 Å². The molecule has 2 aliphatic rings. The summed E-state index contributed by atoms with van der Waals surface area (Å²) < 4.78 is 38.9. The molecule has 0 amide bonds. The smallest absolute Gasteiger partial charge is 0.387 e. The number of dihydropyridines is 1. The molecule has 0 fully saturated rings. The summed E-state index contributed by atoms with van der Waals surface area (Å²) in [6, 6.07) is 0. The van der Waals surface area contributed by atoms with E-state index < -0.39 is 11.7 Å². The number of hydrogen-bond donors (Lipinski definition) is 1. The number of thioether (sulfide) groups is 1. The summed E-state index contributed by atoms with van der Waals surface area (Å²) in [5.41, 5.74) is 0.311. The standard InChI is InChI=1S/C13H14F3NS/c1-9-2-3-12(11(8-9)13(14,15)16)18-10-4-6-17-7-5-10/h4-6,8,17H,2-3,7H2,1H3. The van der Waals surface area contributed by atoms with Gasteiger partial charge in [-0.25, -0.2) is 0 Å². The highest BCUT2D eigenvalue weighted by atomic mass is 32.2. The predicted octanol–water partition coefficient (Wildman–Crippen LogP) is 4.28. The van der Waals surface area contributed by atoms with E-state index in [-0.39, 0.29) is 0 Å². The molecule has 1 aliphatic carbocycles. The molecular weight excluding hydrogens is 259 g/mol. The number of nitrogens with one attached hydrogen (secondary N) is 1. The molecule has 1 N–H and O–H groups in total. The molecule has 0 bridgehead atoms. The Kier molecular flexibility index (Phi) is 3.90. The first-order valence-corrected chi connectivity index (χ1v) is 6.54. The van der Waals surface area contributed by atoms with Gasteiger partial charge in [0.25, 0.3) is 0 Å². The highest BCUT2D eigenvalue weighted by molar-refractivity contribution is 8.06. The molecule has 0 radical (unpaired) electrons. The summed E-state index contributed by atoms with van der Waals surface area (Å²) in [4.78, 5) is 1.30. The Bertz CT molecular complexity index is 455. The van der Waals surface area contributed by atoms with Gasteiger partial charge in [0.05, 0.1) is 5.57 Å². The molecule has 0 aromatic rings. The third-order valence-corrected chi connectivity index (χ3v) is 3.98. The number of hydrogen-bond acceptors (Lipinski definition) is 2. The Morgan fingerprint density at radius 3 is 2.67 bits per heavy atom. The second kappa shape index (κ2) is 5.26. The molecule has 0 atom stereocenters. The molecule has 5 heteroatoms. The van der Waals surface area contributed by atoms with Crippen LogP contribution in [0.5, 0.6) is 0 Å². The van der Waals surface area contributed by atoms with Gasteiger partial charge in [-0.2, -0.15) is 13.2 Å². The fourth-order valence-electron chi connectivity index (χ4n) is 1.84. The third-order valence-electron chi connectivity index (χ3n) is 2.77. The molecular formula is C13H14F3NS. The first-order valence-electron chi connectivity index (χ1n) is 5.72. The van der Waals surface area contributed by atoms with Crippen molar-refractivity contribution >= 4 is 11.8 Å². The Balaban J connectivity index is 2.27. The van der Waals surface area contributed by atoms with Crippen LogP contribution in [0.1, 0.15) is 19.8 Å². The van der Waals surface area contributed by atoms with E-state index in [9.17, 15) is 13.2 Å². The molecule has 0 spiro atoms. The van der Waals surface area contributed by atoms with E-state index in [1.54, 1.807) is 19.2 Å². The molecule has 1 aliphatic heterocycles. The summed E-state index contributed by atoms with van der Waals surface area (Å²) in [7, 11) is 0. The van der Waals surface area contributed by atoms with E-state index in [2.05, 4.69) is 5.32 Å². The molecule has 1 heterocycles. The lowest BCUT2D eigenvalue weighted by Gasteiger charge is -2.21. The third kappa shape index (κ3) is 3.22. The maximum Gasteiger partial charge on any atom is 0.417 e. The highest BCUT2D eigenvalue weighted by Crippen LogP contribution is 2.42. The first-order chi connectivity index (χ1) is 8.47. The van der Waals surface area contributed by atoms with Gasteiger partial charge < -0.3 is 5.32 Å². The summed E-state index contributed by atoms with van der Waals surface area (Å²) in [5.74, 6) is 0. The lowest BCUT2D eigenvalue weighted by Crippen LogP contribution is -2.15. The van der Waals surface area contributed by atoms with Crippen LogP contribution in [0.4, 0.5) is 13.2 Å². The Hall–Kier alpha value is -1.10. The van der Waals surface area contributed by atoms with Gasteiger partial charge in [-0.15, -0.1) is 0 Å². The van der Waals surface area contributed by atoms with Gasteiger partial charge in [-0.1, -0.05) is 29.5 Å². The number of allylic oxidation sites excluding steroid dienone is 5. The van der Waals surface area contributed by atoms with Crippen LogP contribution in [-0.4, -0.2) is 12.7 Å². The average molecular weight is 273 g/mol. The fourth-order valence-corrected chi connectivity index (χ4v) is 2.92. The minimum Gasteiger partial charge on any atom is -0.387 e.